The van der Waals surface area contributed by atoms with E-state index in [2.05, 4.69) is 0 Å². The van der Waals surface area contributed by atoms with Gasteiger partial charge >= 0.3 is 5.97 Å². The SMILES string of the molecule is CCN(CC(=O)CC1COC1)C(=O)c1ccc2c(c1)c1c(n2S(=O)(=O)CC)CCC(C2CCOCC2)C1.CCN(CC(=O)O)C(=O)c1ccc2c(c1)c1c(n2S(=O)(=O)CC)CCC(C2CCOCC2)C1. The number of likely N-dealkylation sites (N-methyl/N-ethyl adjacent to an activating group) is 2. The van der Waals surface area contributed by atoms with Gasteiger partial charge in [-0.1, -0.05) is 0 Å². The monoisotopic (exact) mass is 1010 g/mol. The van der Waals surface area contributed by atoms with Gasteiger partial charge in [0.15, 0.2) is 5.78 Å². The van der Waals surface area contributed by atoms with Gasteiger partial charge in [0.1, 0.15) is 6.54 Å². The summed E-state index contributed by atoms with van der Waals surface area (Å²) in [6, 6.07) is 10.4. The van der Waals surface area contributed by atoms with Crippen molar-refractivity contribution in [3.8, 4) is 0 Å². The Morgan fingerprint density at radius 2 is 1.03 bits per heavy atom. The van der Waals surface area contributed by atoms with Gasteiger partial charge < -0.3 is 29.1 Å². The molecule has 3 fully saturated rings. The summed E-state index contributed by atoms with van der Waals surface area (Å²) in [7, 11) is -7.01. The number of aromatic nitrogens is 2. The molecule has 2 amide bonds. The molecule has 382 valence electrons. The van der Waals surface area contributed by atoms with Crippen LogP contribution < -0.4 is 0 Å². The number of hydrogen-bond acceptors (Lipinski definition) is 11. The van der Waals surface area contributed by atoms with Crippen LogP contribution in [0.1, 0.15) is 116 Å². The lowest BCUT2D eigenvalue weighted by Gasteiger charge is -2.33. The smallest absolute Gasteiger partial charge is 0.323 e. The molecule has 2 aromatic carbocycles. The average Bonchev–Trinajstić information content (AvgIpc) is 3.88. The van der Waals surface area contributed by atoms with Crippen molar-refractivity contribution in [3.63, 3.8) is 0 Å². The Morgan fingerprint density at radius 1 is 0.600 bits per heavy atom. The molecule has 3 aliphatic heterocycles. The molecular weight excluding hydrogens is 937 g/mol. The van der Waals surface area contributed by atoms with E-state index in [0.29, 0.717) is 78.4 Å². The van der Waals surface area contributed by atoms with E-state index in [1.807, 2.05) is 13.0 Å². The highest BCUT2D eigenvalue weighted by atomic mass is 32.2. The van der Waals surface area contributed by atoms with E-state index in [4.69, 9.17) is 19.3 Å². The number of hydrogen-bond donors (Lipinski definition) is 1. The summed E-state index contributed by atoms with van der Waals surface area (Å²) in [5, 5.41) is 10.8. The molecule has 2 atom stereocenters. The van der Waals surface area contributed by atoms with Crippen molar-refractivity contribution in [2.45, 2.75) is 98.3 Å². The van der Waals surface area contributed by atoms with Gasteiger partial charge in [-0.15, -0.1) is 0 Å². The molecule has 5 heterocycles. The number of carbonyl (C=O) groups excluding carboxylic acids is 3. The van der Waals surface area contributed by atoms with Crippen LogP contribution in [0.25, 0.3) is 21.8 Å². The van der Waals surface area contributed by atoms with Gasteiger partial charge in [-0.3, -0.25) is 19.2 Å². The van der Waals surface area contributed by atoms with Crippen LogP contribution in [0.5, 0.6) is 0 Å². The number of Topliss-reactive ketones (excluding diaryl/α,β-unsaturated/α-hetero) is 1. The minimum Gasteiger partial charge on any atom is -0.480 e. The first kappa shape index (κ1) is 51.7. The van der Waals surface area contributed by atoms with Crippen LogP contribution in [-0.4, -0.2) is 141 Å². The van der Waals surface area contributed by atoms with Crippen LogP contribution in [0.15, 0.2) is 36.4 Å². The van der Waals surface area contributed by atoms with Gasteiger partial charge in [0.25, 0.3) is 11.8 Å². The number of amides is 2. The Balaban J connectivity index is 0.000000190. The molecule has 0 saturated carbocycles. The molecule has 9 rings (SSSR count). The van der Waals surface area contributed by atoms with Gasteiger partial charge in [-0.25, -0.2) is 24.8 Å². The lowest BCUT2D eigenvalue weighted by atomic mass is 9.75. The number of ketones is 1. The maximum atomic E-state index is 13.5. The summed E-state index contributed by atoms with van der Waals surface area (Å²) >= 11 is 0. The number of carboxylic acid groups (broad SMARTS) is 1. The third-order valence-electron chi connectivity index (χ3n) is 15.6. The quantitative estimate of drug-likeness (QED) is 0.131. The largest absolute Gasteiger partial charge is 0.480 e. The molecular formula is C52H70N4O12S2. The Kier molecular flexibility index (Phi) is 16.3. The zero-order chi connectivity index (χ0) is 49.9. The molecule has 2 aliphatic carbocycles. The van der Waals surface area contributed by atoms with E-state index in [-0.39, 0.29) is 54.7 Å². The van der Waals surface area contributed by atoms with E-state index in [1.165, 1.54) is 12.8 Å². The molecule has 1 N–H and O–H groups in total. The highest BCUT2D eigenvalue weighted by Crippen LogP contribution is 2.42. The van der Waals surface area contributed by atoms with Crippen LogP contribution in [0, 0.1) is 29.6 Å². The summed E-state index contributed by atoms with van der Waals surface area (Å²) in [5.74, 6) is 0.776. The van der Waals surface area contributed by atoms with Crippen molar-refractivity contribution >= 4 is 65.4 Å². The maximum Gasteiger partial charge on any atom is 0.323 e. The van der Waals surface area contributed by atoms with Gasteiger partial charge in [-0.05, 0) is 163 Å². The number of nitrogens with zero attached hydrogens (tertiary/aromatic N) is 4. The van der Waals surface area contributed by atoms with E-state index in [1.54, 1.807) is 56.0 Å². The summed E-state index contributed by atoms with van der Waals surface area (Å²) in [4.78, 5) is 53.1. The molecule has 0 bridgehead atoms. The molecule has 70 heavy (non-hydrogen) atoms. The predicted molar refractivity (Wildman–Crippen MR) is 266 cm³/mol. The second-order valence-corrected chi connectivity index (χ2v) is 23.9. The molecule has 4 aromatic rings. The van der Waals surface area contributed by atoms with Gasteiger partial charge in [0, 0.05) is 85.1 Å². The molecule has 18 heteroatoms. The second kappa shape index (κ2) is 22.0. The van der Waals surface area contributed by atoms with Gasteiger partial charge in [-0.2, -0.15) is 0 Å². The molecule has 3 saturated heterocycles. The Morgan fingerprint density at radius 3 is 1.40 bits per heavy atom. The third kappa shape index (κ3) is 10.8. The number of fused-ring (bicyclic) bond motifs is 6. The van der Waals surface area contributed by atoms with Crippen molar-refractivity contribution in [2.75, 3.05) is 77.3 Å². The van der Waals surface area contributed by atoms with Crippen molar-refractivity contribution in [1.82, 2.24) is 17.7 Å². The third-order valence-corrected chi connectivity index (χ3v) is 19.0. The first-order valence-electron chi connectivity index (χ1n) is 25.4. The minimum atomic E-state index is -3.51. The number of benzene rings is 2. The van der Waals surface area contributed by atoms with Crippen molar-refractivity contribution in [1.29, 1.82) is 0 Å². The fourth-order valence-electron chi connectivity index (χ4n) is 11.6. The lowest BCUT2D eigenvalue weighted by Crippen LogP contribution is -2.38. The van der Waals surface area contributed by atoms with Crippen LogP contribution in [0.4, 0.5) is 0 Å². The van der Waals surface area contributed by atoms with Crippen molar-refractivity contribution in [3.05, 3.63) is 70.0 Å². The van der Waals surface area contributed by atoms with Crippen LogP contribution in [0.2, 0.25) is 0 Å². The first-order chi connectivity index (χ1) is 33.6. The number of rotatable bonds is 16. The highest BCUT2D eigenvalue weighted by Gasteiger charge is 2.36. The number of aliphatic carboxylic acids is 1. The zero-order valence-electron chi connectivity index (χ0n) is 41.2. The van der Waals surface area contributed by atoms with Crippen LogP contribution >= 0.6 is 0 Å². The molecule has 16 nitrogen and oxygen atoms in total. The fourth-order valence-corrected chi connectivity index (χ4v) is 14.1. The molecule has 0 radical (unpaired) electrons. The normalized spacial score (nSPS) is 20.2. The fraction of sp³-hybridized carbons (Fsp3) is 0.615. The average molecular weight is 1010 g/mol. The summed E-state index contributed by atoms with van der Waals surface area (Å²) in [5.41, 5.74) is 5.91. The minimum absolute atomic E-state index is 0.00445. The van der Waals surface area contributed by atoms with E-state index < -0.39 is 26.0 Å². The Hall–Kier alpha value is -4.62. The predicted octanol–water partition coefficient (Wildman–Crippen LogP) is 6.36. The Labute approximate surface area is 412 Å². The van der Waals surface area contributed by atoms with Gasteiger partial charge in [0.05, 0.1) is 42.3 Å². The zero-order valence-corrected chi connectivity index (χ0v) is 42.8. The van der Waals surface area contributed by atoms with Crippen LogP contribution in [-0.2, 0) is 69.5 Å². The number of carboxylic acids is 1. The molecule has 0 spiro atoms. The number of carbonyl (C=O) groups is 4. The second-order valence-electron chi connectivity index (χ2n) is 19.7. The maximum absolute atomic E-state index is 13.5. The van der Waals surface area contributed by atoms with Crippen molar-refractivity contribution < 1.29 is 55.3 Å². The van der Waals surface area contributed by atoms with E-state index >= 15 is 0 Å². The van der Waals surface area contributed by atoms with Gasteiger partial charge in [0.2, 0.25) is 20.0 Å². The summed E-state index contributed by atoms with van der Waals surface area (Å²) < 4.78 is 71.7. The molecule has 2 unspecified atom stereocenters. The molecule has 5 aliphatic rings. The van der Waals surface area contributed by atoms with Crippen molar-refractivity contribution in [2.24, 2.45) is 29.6 Å². The Bertz CT molecular complexity index is 2820. The van der Waals surface area contributed by atoms with E-state index in [0.717, 1.165) is 118 Å². The topological polar surface area (TPSA) is 201 Å². The number of ether oxygens (including phenoxy) is 3. The lowest BCUT2D eigenvalue weighted by molar-refractivity contribution is -0.137. The summed E-state index contributed by atoms with van der Waals surface area (Å²) in [6.45, 7) is 11.7. The molecule has 2 aromatic heterocycles. The van der Waals surface area contributed by atoms with E-state index in [9.17, 15) is 36.0 Å². The first-order valence-corrected chi connectivity index (χ1v) is 28.6. The summed E-state index contributed by atoms with van der Waals surface area (Å²) in [6.07, 6.45) is 9.49. The highest BCUT2D eigenvalue weighted by molar-refractivity contribution is 7.90. The van der Waals surface area contributed by atoms with Crippen LogP contribution in [0.3, 0.4) is 0 Å². The standard InChI is InChI=1S/C28H38N2O6S.C24H32N2O6S/c1-3-29(16-23(31)13-19-17-36-18-19)28(32)22-6-8-27-25(15-22)24-14-21(20-9-11-35-12-10-20)5-7-26(24)30(27)37(33,34)4-2;1-3-25(15-23(27)28)24(29)18-6-8-22-20(14-18)19-13-17(16-9-11-32-12-10-16)5-7-21(19)26(22)33(30,31)4-2/h6,8,15,19-21H,3-5,7,9-14,16-18H2,1-2H3;6,8,14,16-17H,3-5,7,9-13,15H2,1-2H3,(H,27,28).